The van der Waals surface area contributed by atoms with Gasteiger partial charge in [0, 0.05) is 6.08 Å². The van der Waals surface area contributed by atoms with Crippen LogP contribution in [0.2, 0.25) is 0 Å². The Bertz CT molecular complexity index is 490. The van der Waals surface area contributed by atoms with Gasteiger partial charge in [0.2, 0.25) is 0 Å². The molecule has 0 aliphatic carbocycles. The molecule has 1 atom stereocenters. The zero-order chi connectivity index (χ0) is 18.3. The normalized spacial score (nSPS) is 12.3. The molecule has 0 bridgehead atoms. The molecule has 0 fully saturated rings. The third kappa shape index (κ3) is 9.96. The maximum atomic E-state index is 11.8. The second kappa shape index (κ2) is 13.5. The van der Waals surface area contributed by atoms with Gasteiger partial charge >= 0.3 is 5.97 Å². The van der Waals surface area contributed by atoms with Gasteiger partial charge < -0.3 is 9.47 Å². The van der Waals surface area contributed by atoms with Crippen molar-refractivity contribution in [2.75, 3.05) is 13.2 Å². The second-order valence-corrected chi connectivity index (χ2v) is 6.50. The van der Waals surface area contributed by atoms with Crippen molar-refractivity contribution in [1.29, 1.82) is 0 Å². The van der Waals surface area contributed by atoms with Crippen LogP contribution in [-0.2, 0) is 9.53 Å². The number of esters is 1. The highest BCUT2D eigenvalue weighted by atomic mass is 16.5. The van der Waals surface area contributed by atoms with E-state index in [1.165, 1.54) is 31.8 Å². The highest BCUT2D eigenvalue weighted by molar-refractivity contribution is 5.87. The van der Waals surface area contributed by atoms with Gasteiger partial charge in [-0.1, -0.05) is 65.0 Å². The number of benzene rings is 1. The monoisotopic (exact) mass is 346 g/mol. The molecule has 1 aromatic carbocycles. The zero-order valence-corrected chi connectivity index (χ0v) is 16.1. The summed E-state index contributed by atoms with van der Waals surface area (Å²) in [7, 11) is 0. The SMILES string of the molecule is CCCCCOc1ccc(/C=C/C(=O)OCC(CC)CCCC)cc1. The number of hydrogen-bond donors (Lipinski definition) is 0. The molecule has 1 rings (SSSR count). The highest BCUT2D eigenvalue weighted by Gasteiger charge is 2.08. The Morgan fingerprint density at radius 1 is 1.04 bits per heavy atom. The Kier molecular flexibility index (Phi) is 11.5. The lowest BCUT2D eigenvalue weighted by Gasteiger charge is -2.13. The van der Waals surface area contributed by atoms with E-state index in [-0.39, 0.29) is 5.97 Å². The minimum Gasteiger partial charge on any atom is -0.494 e. The van der Waals surface area contributed by atoms with Gasteiger partial charge in [-0.15, -0.1) is 0 Å². The predicted molar refractivity (Wildman–Crippen MR) is 105 cm³/mol. The molecular formula is C22H34O3. The molecule has 0 saturated carbocycles. The quantitative estimate of drug-likeness (QED) is 0.248. The lowest BCUT2D eigenvalue weighted by Crippen LogP contribution is -2.12. The van der Waals surface area contributed by atoms with Gasteiger partial charge in [-0.2, -0.15) is 0 Å². The van der Waals surface area contributed by atoms with Crippen molar-refractivity contribution in [3.05, 3.63) is 35.9 Å². The largest absolute Gasteiger partial charge is 0.494 e. The molecule has 0 radical (unpaired) electrons. The summed E-state index contributed by atoms with van der Waals surface area (Å²) in [6, 6.07) is 7.79. The summed E-state index contributed by atoms with van der Waals surface area (Å²) in [5.74, 6) is 1.08. The van der Waals surface area contributed by atoms with E-state index in [0.717, 1.165) is 37.2 Å². The average molecular weight is 347 g/mol. The first kappa shape index (κ1) is 21.3. The number of carbonyl (C=O) groups excluding carboxylic acids is 1. The van der Waals surface area contributed by atoms with Crippen LogP contribution in [0.1, 0.15) is 71.3 Å². The molecule has 0 aliphatic heterocycles. The van der Waals surface area contributed by atoms with Crippen LogP contribution in [0.25, 0.3) is 6.08 Å². The third-order valence-corrected chi connectivity index (χ3v) is 4.31. The topological polar surface area (TPSA) is 35.5 Å². The smallest absolute Gasteiger partial charge is 0.330 e. The molecule has 1 unspecified atom stereocenters. The number of carbonyl (C=O) groups is 1. The number of hydrogen-bond acceptors (Lipinski definition) is 3. The first-order valence-electron chi connectivity index (χ1n) is 9.77. The van der Waals surface area contributed by atoms with Crippen LogP contribution >= 0.6 is 0 Å². The van der Waals surface area contributed by atoms with Gasteiger partial charge in [0.1, 0.15) is 5.75 Å². The van der Waals surface area contributed by atoms with Crippen molar-refractivity contribution >= 4 is 12.0 Å². The fourth-order valence-corrected chi connectivity index (χ4v) is 2.53. The van der Waals surface area contributed by atoms with Crippen LogP contribution in [0.3, 0.4) is 0 Å². The van der Waals surface area contributed by atoms with Crippen LogP contribution < -0.4 is 4.74 Å². The number of unbranched alkanes of at least 4 members (excludes halogenated alkanes) is 3. The second-order valence-electron chi connectivity index (χ2n) is 6.50. The van der Waals surface area contributed by atoms with E-state index in [9.17, 15) is 4.79 Å². The van der Waals surface area contributed by atoms with E-state index in [2.05, 4.69) is 20.8 Å². The van der Waals surface area contributed by atoms with Crippen molar-refractivity contribution < 1.29 is 14.3 Å². The third-order valence-electron chi connectivity index (χ3n) is 4.31. The molecule has 0 aromatic heterocycles. The summed E-state index contributed by atoms with van der Waals surface area (Å²) in [6.45, 7) is 7.79. The van der Waals surface area contributed by atoms with Crippen molar-refractivity contribution in [3.63, 3.8) is 0 Å². The molecule has 140 valence electrons. The standard InChI is InChI=1S/C22H34O3/c1-4-7-9-17-24-21-14-11-20(12-15-21)13-16-22(23)25-18-19(6-3)10-8-5-2/h11-16,19H,4-10,17-18H2,1-3H3/b16-13+. The molecule has 3 heteroatoms. The van der Waals surface area contributed by atoms with E-state index >= 15 is 0 Å². The van der Waals surface area contributed by atoms with E-state index < -0.39 is 0 Å². The zero-order valence-electron chi connectivity index (χ0n) is 16.1. The van der Waals surface area contributed by atoms with E-state index in [0.29, 0.717) is 12.5 Å². The lowest BCUT2D eigenvalue weighted by molar-refractivity contribution is -0.139. The molecular weight excluding hydrogens is 312 g/mol. The lowest BCUT2D eigenvalue weighted by atomic mass is 10.0. The predicted octanol–water partition coefficient (Wildman–Crippen LogP) is 6.03. The number of rotatable bonds is 13. The Balaban J connectivity index is 2.35. The molecule has 1 aromatic rings. The van der Waals surface area contributed by atoms with Crippen molar-refractivity contribution in [2.45, 2.75) is 65.7 Å². The molecule has 3 nitrogen and oxygen atoms in total. The van der Waals surface area contributed by atoms with Gasteiger partial charge in [-0.25, -0.2) is 4.79 Å². The minimum atomic E-state index is -0.269. The summed E-state index contributed by atoms with van der Waals surface area (Å²) < 4.78 is 11.0. The average Bonchev–Trinajstić information content (AvgIpc) is 2.64. The molecule has 0 aliphatic rings. The fraction of sp³-hybridized carbons (Fsp3) is 0.591. The molecule has 0 N–H and O–H groups in total. The Labute approximate surface area is 153 Å². The minimum absolute atomic E-state index is 0.269. The Morgan fingerprint density at radius 3 is 2.40 bits per heavy atom. The molecule has 0 saturated heterocycles. The molecule has 0 amide bonds. The van der Waals surface area contributed by atoms with E-state index in [4.69, 9.17) is 9.47 Å². The molecule has 0 heterocycles. The Morgan fingerprint density at radius 2 is 1.76 bits per heavy atom. The van der Waals surface area contributed by atoms with Crippen molar-refractivity contribution in [3.8, 4) is 5.75 Å². The van der Waals surface area contributed by atoms with Gasteiger partial charge in [0.25, 0.3) is 0 Å². The first-order valence-corrected chi connectivity index (χ1v) is 9.77. The van der Waals surface area contributed by atoms with Gasteiger partial charge in [-0.3, -0.25) is 0 Å². The van der Waals surface area contributed by atoms with Crippen LogP contribution in [-0.4, -0.2) is 19.2 Å². The summed E-state index contributed by atoms with van der Waals surface area (Å²) in [6.07, 6.45) is 11.3. The maximum absolute atomic E-state index is 11.8. The highest BCUT2D eigenvalue weighted by Crippen LogP contribution is 2.15. The van der Waals surface area contributed by atoms with Crippen molar-refractivity contribution in [1.82, 2.24) is 0 Å². The number of ether oxygens (including phenoxy) is 2. The van der Waals surface area contributed by atoms with Crippen LogP contribution in [0.5, 0.6) is 5.75 Å². The first-order chi connectivity index (χ1) is 12.2. The molecule has 25 heavy (non-hydrogen) atoms. The molecule has 0 spiro atoms. The van der Waals surface area contributed by atoms with Gasteiger partial charge in [0.15, 0.2) is 0 Å². The fourth-order valence-electron chi connectivity index (χ4n) is 2.53. The van der Waals surface area contributed by atoms with Crippen LogP contribution in [0.15, 0.2) is 30.3 Å². The summed E-state index contributed by atoms with van der Waals surface area (Å²) in [5, 5.41) is 0. The van der Waals surface area contributed by atoms with Crippen molar-refractivity contribution in [2.24, 2.45) is 5.92 Å². The van der Waals surface area contributed by atoms with E-state index in [1.807, 2.05) is 24.3 Å². The summed E-state index contributed by atoms with van der Waals surface area (Å²) >= 11 is 0. The maximum Gasteiger partial charge on any atom is 0.330 e. The summed E-state index contributed by atoms with van der Waals surface area (Å²) in [5.41, 5.74) is 0.968. The van der Waals surface area contributed by atoms with E-state index in [1.54, 1.807) is 6.08 Å². The van der Waals surface area contributed by atoms with Gasteiger partial charge in [0.05, 0.1) is 13.2 Å². The summed E-state index contributed by atoms with van der Waals surface area (Å²) in [4.78, 5) is 11.8. The van der Waals surface area contributed by atoms with Gasteiger partial charge in [-0.05, 0) is 42.5 Å². The van der Waals surface area contributed by atoms with Crippen LogP contribution in [0.4, 0.5) is 0 Å². The Hall–Kier alpha value is -1.77. The van der Waals surface area contributed by atoms with Crippen LogP contribution in [0, 0.1) is 5.92 Å².